The first-order valence-electron chi connectivity index (χ1n) is 16.6. The van der Waals surface area contributed by atoms with Crippen molar-refractivity contribution in [1.29, 1.82) is 0 Å². The van der Waals surface area contributed by atoms with Crippen LogP contribution in [-0.2, 0) is 32.7 Å². The Morgan fingerprint density at radius 3 is 1.37 bits per heavy atom. The summed E-state index contributed by atoms with van der Waals surface area (Å²) in [7, 11) is -4.60. The van der Waals surface area contributed by atoms with Crippen molar-refractivity contribution in [3.05, 3.63) is 12.2 Å². The standard InChI is InChI=1S/C32H61O10P/c1-3-5-7-8-9-10-11-12-13-14-15-16-17-18-19-20-22-24-32(36)42-30(26-34)28-40-43(37,38)39-27-29(25-33)41-31(35)23-21-6-4-2/h12-13,29-30,33-34H,3-11,14-28H2,1-2H3,(H,37,38)/b13-12-. The van der Waals surface area contributed by atoms with Crippen molar-refractivity contribution in [3.8, 4) is 0 Å². The number of unbranched alkanes of at least 4 members (excludes halogenated alkanes) is 15. The van der Waals surface area contributed by atoms with Crippen molar-refractivity contribution in [2.24, 2.45) is 0 Å². The van der Waals surface area contributed by atoms with Crippen LogP contribution in [0.3, 0.4) is 0 Å². The largest absolute Gasteiger partial charge is 0.472 e. The third-order valence-electron chi connectivity index (χ3n) is 6.98. The monoisotopic (exact) mass is 636 g/mol. The number of carbonyl (C=O) groups is 2. The molecule has 0 aliphatic heterocycles. The van der Waals surface area contributed by atoms with Crippen LogP contribution in [0, 0.1) is 0 Å². The van der Waals surface area contributed by atoms with Gasteiger partial charge in [0, 0.05) is 12.8 Å². The maximum absolute atomic E-state index is 12.1. The quantitative estimate of drug-likeness (QED) is 0.0306. The van der Waals surface area contributed by atoms with Gasteiger partial charge in [-0.15, -0.1) is 0 Å². The molecule has 0 radical (unpaired) electrons. The first-order chi connectivity index (χ1) is 20.8. The van der Waals surface area contributed by atoms with Crippen molar-refractivity contribution in [2.45, 2.75) is 154 Å². The highest BCUT2D eigenvalue weighted by Crippen LogP contribution is 2.43. The summed E-state index contributed by atoms with van der Waals surface area (Å²) in [6, 6.07) is 0. The zero-order valence-corrected chi connectivity index (χ0v) is 27.8. The number of aliphatic hydroxyl groups excluding tert-OH is 2. The topological polar surface area (TPSA) is 149 Å². The maximum Gasteiger partial charge on any atom is 0.472 e. The lowest BCUT2D eigenvalue weighted by Gasteiger charge is -2.20. The number of hydrogen-bond acceptors (Lipinski definition) is 9. The minimum atomic E-state index is -4.60. The van der Waals surface area contributed by atoms with Crippen LogP contribution >= 0.6 is 7.82 Å². The molecule has 0 spiro atoms. The molecular weight excluding hydrogens is 575 g/mol. The highest BCUT2D eigenvalue weighted by Gasteiger charge is 2.27. The second kappa shape index (κ2) is 29.4. The van der Waals surface area contributed by atoms with E-state index < -0.39 is 58.4 Å². The van der Waals surface area contributed by atoms with Crippen LogP contribution in [0.25, 0.3) is 0 Å². The molecule has 0 saturated carbocycles. The number of rotatable bonds is 31. The molecule has 0 rings (SSSR count). The van der Waals surface area contributed by atoms with Gasteiger partial charge < -0.3 is 24.6 Å². The summed E-state index contributed by atoms with van der Waals surface area (Å²) in [6.45, 7) is 1.96. The summed E-state index contributed by atoms with van der Waals surface area (Å²) in [5, 5.41) is 18.8. The Hall–Kier alpha value is -1.29. The molecule has 10 nitrogen and oxygen atoms in total. The number of allylic oxidation sites excluding steroid dienone is 2. The van der Waals surface area contributed by atoms with Crippen molar-refractivity contribution < 1.29 is 47.8 Å². The third kappa shape index (κ3) is 28.0. The summed E-state index contributed by atoms with van der Waals surface area (Å²) in [6.07, 6.45) is 22.9. The fourth-order valence-corrected chi connectivity index (χ4v) is 5.13. The molecule has 3 N–H and O–H groups in total. The molecule has 0 aliphatic carbocycles. The van der Waals surface area contributed by atoms with Gasteiger partial charge in [0.2, 0.25) is 0 Å². The molecular formula is C32H61O10P. The highest BCUT2D eigenvalue weighted by molar-refractivity contribution is 7.47. The highest BCUT2D eigenvalue weighted by atomic mass is 31.2. The summed E-state index contributed by atoms with van der Waals surface area (Å²) in [4.78, 5) is 33.8. The van der Waals surface area contributed by atoms with Gasteiger partial charge in [-0.05, 0) is 38.5 Å². The van der Waals surface area contributed by atoms with E-state index in [4.69, 9.17) is 18.5 Å². The normalized spacial score (nSPS) is 14.4. The van der Waals surface area contributed by atoms with E-state index >= 15 is 0 Å². The van der Waals surface area contributed by atoms with Crippen LogP contribution in [0.1, 0.15) is 142 Å². The fraction of sp³-hybridized carbons (Fsp3) is 0.875. The van der Waals surface area contributed by atoms with Crippen molar-refractivity contribution >= 4 is 19.8 Å². The molecule has 0 heterocycles. The van der Waals surface area contributed by atoms with E-state index in [1.807, 2.05) is 6.92 Å². The van der Waals surface area contributed by atoms with Crippen LogP contribution in [0.5, 0.6) is 0 Å². The molecule has 0 aromatic rings. The molecule has 0 saturated heterocycles. The van der Waals surface area contributed by atoms with E-state index in [0.29, 0.717) is 12.8 Å². The predicted octanol–water partition coefficient (Wildman–Crippen LogP) is 7.33. The Kier molecular flexibility index (Phi) is 28.5. The molecule has 0 aromatic carbocycles. The summed E-state index contributed by atoms with van der Waals surface area (Å²) >= 11 is 0. The number of aliphatic hydroxyl groups is 2. The molecule has 3 atom stereocenters. The van der Waals surface area contributed by atoms with Crippen molar-refractivity contribution in [2.75, 3.05) is 26.4 Å². The predicted molar refractivity (Wildman–Crippen MR) is 168 cm³/mol. The number of esters is 2. The van der Waals surface area contributed by atoms with E-state index in [-0.39, 0.29) is 12.8 Å². The van der Waals surface area contributed by atoms with E-state index in [0.717, 1.165) is 38.5 Å². The number of phosphoric acid groups is 1. The average Bonchev–Trinajstić information content (AvgIpc) is 2.99. The van der Waals surface area contributed by atoms with Crippen molar-refractivity contribution in [1.82, 2.24) is 0 Å². The van der Waals surface area contributed by atoms with Crippen LogP contribution in [0.2, 0.25) is 0 Å². The molecule has 0 aromatic heterocycles. The Balaban J connectivity index is 3.90. The smallest absolute Gasteiger partial charge is 0.457 e. The van der Waals surface area contributed by atoms with Crippen molar-refractivity contribution in [3.63, 3.8) is 0 Å². The van der Waals surface area contributed by atoms with Crippen LogP contribution < -0.4 is 0 Å². The molecule has 0 aliphatic rings. The van der Waals surface area contributed by atoms with E-state index in [2.05, 4.69) is 19.1 Å². The van der Waals surface area contributed by atoms with E-state index in [1.165, 1.54) is 64.2 Å². The van der Waals surface area contributed by atoms with Gasteiger partial charge in [0.15, 0.2) is 0 Å². The average molecular weight is 637 g/mol. The Labute approximate surface area is 260 Å². The van der Waals surface area contributed by atoms with Crippen LogP contribution in [0.15, 0.2) is 12.2 Å². The van der Waals surface area contributed by atoms with Crippen LogP contribution in [-0.4, -0.2) is 65.7 Å². The summed E-state index contributed by atoms with van der Waals surface area (Å²) < 4.78 is 32.0. The van der Waals surface area contributed by atoms with E-state index in [1.54, 1.807) is 0 Å². The van der Waals surface area contributed by atoms with E-state index in [9.17, 15) is 29.3 Å². The number of phosphoric ester groups is 1. The fourth-order valence-electron chi connectivity index (χ4n) is 4.34. The van der Waals surface area contributed by atoms with Crippen LogP contribution in [0.4, 0.5) is 0 Å². The summed E-state index contributed by atoms with van der Waals surface area (Å²) in [5.41, 5.74) is 0. The minimum absolute atomic E-state index is 0.179. The Bertz CT molecular complexity index is 746. The summed E-state index contributed by atoms with van der Waals surface area (Å²) in [5.74, 6) is -1.05. The first-order valence-corrected chi connectivity index (χ1v) is 18.1. The SMILES string of the molecule is CCCCCCCC/C=C\CCCCCCCCCC(=O)OC(CO)COP(=O)(O)OCC(CO)OC(=O)CCCCC. The lowest BCUT2D eigenvalue weighted by atomic mass is 10.1. The molecule has 0 amide bonds. The molecule has 254 valence electrons. The van der Waals surface area contributed by atoms with Gasteiger partial charge in [-0.3, -0.25) is 18.6 Å². The van der Waals surface area contributed by atoms with Gasteiger partial charge >= 0.3 is 19.8 Å². The molecule has 3 unspecified atom stereocenters. The van der Waals surface area contributed by atoms with Gasteiger partial charge in [0.1, 0.15) is 12.2 Å². The third-order valence-corrected chi connectivity index (χ3v) is 7.93. The number of hydrogen-bond donors (Lipinski definition) is 3. The lowest BCUT2D eigenvalue weighted by molar-refractivity contribution is -0.153. The van der Waals surface area contributed by atoms with Gasteiger partial charge in [-0.2, -0.15) is 0 Å². The van der Waals surface area contributed by atoms with Gasteiger partial charge in [-0.25, -0.2) is 4.57 Å². The molecule has 0 fully saturated rings. The van der Waals surface area contributed by atoms with Gasteiger partial charge in [0.05, 0.1) is 26.4 Å². The molecule has 0 bridgehead atoms. The zero-order valence-electron chi connectivity index (χ0n) is 26.9. The zero-order chi connectivity index (χ0) is 32.0. The van der Waals surface area contributed by atoms with Gasteiger partial charge in [0.25, 0.3) is 0 Å². The number of carbonyl (C=O) groups excluding carboxylic acids is 2. The first kappa shape index (κ1) is 41.7. The molecule has 43 heavy (non-hydrogen) atoms. The lowest BCUT2D eigenvalue weighted by Crippen LogP contribution is -2.28. The molecule has 11 heteroatoms. The maximum atomic E-state index is 12.1. The van der Waals surface area contributed by atoms with Gasteiger partial charge in [-0.1, -0.05) is 103 Å². The second-order valence-electron chi connectivity index (χ2n) is 11.1. The Morgan fingerprint density at radius 1 is 0.605 bits per heavy atom. The minimum Gasteiger partial charge on any atom is -0.457 e. The second-order valence-corrected chi connectivity index (χ2v) is 12.6. The number of ether oxygens (including phenoxy) is 2. The Morgan fingerprint density at radius 2 is 0.953 bits per heavy atom.